The van der Waals surface area contributed by atoms with Crippen LogP contribution < -0.4 is 4.90 Å². The molecule has 2 saturated heterocycles. The molecule has 2 amide bonds. The van der Waals surface area contributed by atoms with Crippen molar-refractivity contribution in [1.29, 1.82) is 0 Å². The van der Waals surface area contributed by atoms with E-state index in [1.54, 1.807) is 0 Å². The Morgan fingerprint density at radius 1 is 1.10 bits per heavy atom. The van der Waals surface area contributed by atoms with Gasteiger partial charge in [0.2, 0.25) is 5.91 Å². The number of imide groups is 1. The number of amides is 2. The highest BCUT2D eigenvalue weighted by atomic mass is 16.2. The molecule has 2 heterocycles. The Morgan fingerprint density at radius 3 is 2.55 bits per heavy atom. The maximum Gasteiger partial charge on any atom is 0.251 e. The number of aryl methyl sites for hydroxylation is 1. The van der Waals surface area contributed by atoms with E-state index in [9.17, 15) is 9.59 Å². The van der Waals surface area contributed by atoms with Gasteiger partial charge in [0.1, 0.15) is 0 Å². The largest absolute Gasteiger partial charge is 0.292 e. The van der Waals surface area contributed by atoms with E-state index in [2.05, 4.69) is 4.90 Å². The molecule has 0 aromatic heterocycles. The number of nitrogens with zero attached hydrogens (tertiary/aromatic N) is 2. The Balaban J connectivity index is 1.83. The highest BCUT2D eigenvalue weighted by Crippen LogP contribution is 2.27. The zero-order valence-corrected chi connectivity index (χ0v) is 11.8. The third kappa shape index (κ3) is 2.36. The minimum Gasteiger partial charge on any atom is -0.292 e. The smallest absolute Gasteiger partial charge is 0.251 e. The molecule has 106 valence electrons. The van der Waals surface area contributed by atoms with Crippen molar-refractivity contribution in [2.24, 2.45) is 0 Å². The van der Waals surface area contributed by atoms with Crippen molar-refractivity contribution in [2.45, 2.75) is 38.6 Å². The predicted octanol–water partition coefficient (Wildman–Crippen LogP) is 2.11. The molecular formula is C16H20N2O2. The van der Waals surface area contributed by atoms with Crippen LogP contribution in [0.4, 0.5) is 5.69 Å². The lowest BCUT2D eigenvalue weighted by molar-refractivity contribution is -0.123. The number of benzene rings is 1. The molecule has 4 heteroatoms. The average Bonchev–Trinajstić information content (AvgIpc) is 2.75. The summed E-state index contributed by atoms with van der Waals surface area (Å²) >= 11 is 0. The Bertz CT molecular complexity index is 535. The summed E-state index contributed by atoms with van der Waals surface area (Å²) in [4.78, 5) is 28.4. The van der Waals surface area contributed by atoms with E-state index in [1.165, 1.54) is 11.3 Å². The molecule has 1 atom stereocenters. The fraction of sp³-hybridized carbons (Fsp3) is 0.500. The summed E-state index contributed by atoms with van der Waals surface area (Å²) in [6.07, 6.45) is 3.81. The first-order valence-corrected chi connectivity index (χ1v) is 7.34. The van der Waals surface area contributed by atoms with Gasteiger partial charge in [-0.3, -0.25) is 14.5 Å². The van der Waals surface area contributed by atoms with Gasteiger partial charge < -0.3 is 0 Å². The van der Waals surface area contributed by atoms with Gasteiger partial charge in [-0.05, 0) is 50.6 Å². The molecule has 4 nitrogen and oxygen atoms in total. The molecule has 0 radical (unpaired) electrons. The first-order valence-electron chi connectivity index (χ1n) is 7.34. The molecule has 0 unspecified atom stereocenters. The molecule has 0 N–H and O–H groups in total. The second-order valence-corrected chi connectivity index (χ2v) is 5.72. The minimum atomic E-state index is -0.247. The number of anilines is 1. The van der Waals surface area contributed by atoms with Crippen LogP contribution in [0.1, 0.15) is 31.2 Å². The van der Waals surface area contributed by atoms with Crippen molar-refractivity contribution in [3.8, 4) is 0 Å². The van der Waals surface area contributed by atoms with Crippen LogP contribution in [0.5, 0.6) is 0 Å². The first kappa shape index (κ1) is 13.3. The predicted molar refractivity (Wildman–Crippen MR) is 77.5 cm³/mol. The summed E-state index contributed by atoms with van der Waals surface area (Å²) in [5.41, 5.74) is 1.77. The lowest BCUT2D eigenvalue weighted by Crippen LogP contribution is -2.44. The van der Waals surface area contributed by atoms with E-state index in [-0.39, 0.29) is 17.9 Å². The van der Waals surface area contributed by atoms with E-state index in [1.807, 2.05) is 31.2 Å². The second kappa shape index (κ2) is 5.37. The van der Waals surface area contributed by atoms with Crippen molar-refractivity contribution >= 4 is 17.5 Å². The van der Waals surface area contributed by atoms with Gasteiger partial charge in [-0.15, -0.1) is 0 Å². The van der Waals surface area contributed by atoms with Crippen molar-refractivity contribution in [2.75, 3.05) is 18.0 Å². The van der Waals surface area contributed by atoms with E-state index in [4.69, 9.17) is 0 Å². The maximum atomic E-state index is 12.6. The molecular weight excluding hydrogens is 252 g/mol. The van der Waals surface area contributed by atoms with Crippen LogP contribution >= 0.6 is 0 Å². The quantitative estimate of drug-likeness (QED) is 0.774. The summed E-state index contributed by atoms with van der Waals surface area (Å²) in [5.74, 6) is -0.126. The van der Waals surface area contributed by atoms with Gasteiger partial charge in [-0.1, -0.05) is 18.6 Å². The first-order chi connectivity index (χ1) is 9.66. The highest BCUT2D eigenvalue weighted by molar-refractivity contribution is 6.22. The topological polar surface area (TPSA) is 40.6 Å². The number of carbonyl (C=O) groups excluding carboxylic acids is 2. The molecule has 0 aliphatic carbocycles. The summed E-state index contributed by atoms with van der Waals surface area (Å²) < 4.78 is 0. The number of rotatable bonds is 2. The van der Waals surface area contributed by atoms with Gasteiger partial charge in [-0.25, -0.2) is 4.90 Å². The molecule has 0 bridgehead atoms. The van der Waals surface area contributed by atoms with E-state index in [0.29, 0.717) is 12.1 Å². The van der Waals surface area contributed by atoms with Gasteiger partial charge >= 0.3 is 0 Å². The zero-order chi connectivity index (χ0) is 14.1. The molecule has 0 spiro atoms. The Kier molecular flexibility index (Phi) is 3.57. The van der Waals surface area contributed by atoms with E-state index in [0.717, 1.165) is 31.5 Å². The lowest BCUT2D eigenvalue weighted by atomic mass is 10.1. The molecule has 1 aromatic rings. The molecule has 20 heavy (non-hydrogen) atoms. The molecule has 2 fully saturated rings. The highest BCUT2D eigenvalue weighted by Gasteiger charge is 2.42. The number of likely N-dealkylation sites (tertiary alicyclic amines) is 1. The SMILES string of the molecule is Cc1cccc(N2C(=O)C[C@H](N3CCCCC3)C2=O)c1. The van der Waals surface area contributed by atoms with Gasteiger partial charge in [0.15, 0.2) is 0 Å². The van der Waals surface area contributed by atoms with Crippen molar-refractivity contribution in [3.63, 3.8) is 0 Å². The fourth-order valence-corrected chi connectivity index (χ4v) is 3.17. The standard InChI is InChI=1S/C16H20N2O2/c1-12-6-5-7-13(10-12)18-15(19)11-14(16(18)20)17-8-3-2-4-9-17/h5-7,10,14H,2-4,8-9,11H2,1H3/t14-/m0/s1. The third-order valence-corrected chi connectivity index (χ3v) is 4.21. The molecule has 3 rings (SSSR count). The minimum absolute atomic E-state index is 0.0532. The lowest BCUT2D eigenvalue weighted by Gasteiger charge is -2.30. The summed E-state index contributed by atoms with van der Waals surface area (Å²) in [6, 6.07) is 7.34. The zero-order valence-electron chi connectivity index (χ0n) is 11.8. The van der Waals surface area contributed by atoms with Crippen molar-refractivity contribution < 1.29 is 9.59 Å². The maximum absolute atomic E-state index is 12.6. The van der Waals surface area contributed by atoms with E-state index >= 15 is 0 Å². The molecule has 2 aliphatic rings. The van der Waals surface area contributed by atoms with Crippen molar-refractivity contribution in [3.05, 3.63) is 29.8 Å². The van der Waals surface area contributed by atoms with E-state index < -0.39 is 0 Å². The monoisotopic (exact) mass is 272 g/mol. The number of piperidine rings is 1. The number of hydrogen-bond acceptors (Lipinski definition) is 3. The average molecular weight is 272 g/mol. The molecule has 1 aromatic carbocycles. The third-order valence-electron chi connectivity index (χ3n) is 4.21. The van der Waals surface area contributed by atoms with Gasteiger partial charge in [0.05, 0.1) is 18.2 Å². The van der Waals surface area contributed by atoms with Crippen LogP contribution in [0, 0.1) is 6.92 Å². The van der Waals surface area contributed by atoms with Gasteiger partial charge in [-0.2, -0.15) is 0 Å². The normalized spacial score (nSPS) is 24.4. The summed E-state index contributed by atoms with van der Waals surface area (Å²) in [7, 11) is 0. The summed E-state index contributed by atoms with van der Waals surface area (Å²) in [6.45, 7) is 3.84. The molecule has 0 saturated carbocycles. The van der Waals surface area contributed by atoms with Crippen LogP contribution in [-0.2, 0) is 9.59 Å². The van der Waals surface area contributed by atoms with Crippen LogP contribution in [0.15, 0.2) is 24.3 Å². The van der Waals surface area contributed by atoms with Gasteiger partial charge in [0.25, 0.3) is 5.91 Å². The second-order valence-electron chi connectivity index (χ2n) is 5.72. The molecule has 2 aliphatic heterocycles. The fourth-order valence-electron chi connectivity index (χ4n) is 3.17. The number of carbonyl (C=O) groups is 2. The Labute approximate surface area is 119 Å². The Morgan fingerprint density at radius 2 is 1.85 bits per heavy atom. The number of hydrogen-bond donors (Lipinski definition) is 0. The Hall–Kier alpha value is -1.68. The van der Waals surface area contributed by atoms with Crippen molar-refractivity contribution in [1.82, 2.24) is 4.90 Å². The van der Waals surface area contributed by atoms with Crippen LogP contribution in [0.2, 0.25) is 0 Å². The van der Waals surface area contributed by atoms with Crippen LogP contribution in [-0.4, -0.2) is 35.8 Å². The van der Waals surface area contributed by atoms with Gasteiger partial charge in [0, 0.05) is 0 Å². The summed E-state index contributed by atoms with van der Waals surface area (Å²) in [5, 5.41) is 0. The van der Waals surface area contributed by atoms with Crippen LogP contribution in [0.25, 0.3) is 0 Å². The van der Waals surface area contributed by atoms with Crippen LogP contribution in [0.3, 0.4) is 0 Å².